The third kappa shape index (κ3) is 2.70. The molecule has 1 aliphatic heterocycles. The van der Waals surface area contributed by atoms with Gasteiger partial charge in [0.1, 0.15) is 0 Å². The number of rotatable bonds is 0. The number of hydrogen-bond donors (Lipinski definition) is 2. The van der Waals surface area contributed by atoms with Crippen LogP contribution in [0, 0.1) is 0 Å². The summed E-state index contributed by atoms with van der Waals surface area (Å²) in [6.45, 7) is 11.7. The van der Waals surface area contributed by atoms with Gasteiger partial charge in [-0.05, 0) is 39.8 Å². The van der Waals surface area contributed by atoms with Gasteiger partial charge in [0, 0.05) is 0 Å². The minimum atomic E-state index is -1.51. The normalized spacial score (nSPS) is 28.9. The van der Waals surface area contributed by atoms with Crippen molar-refractivity contribution in [3.63, 3.8) is 0 Å². The van der Waals surface area contributed by atoms with Crippen molar-refractivity contribution in [3.8, 4) is 0 Å². The Bertz CT molecular complexity index is 252. The molecule has 8 heteroatoms. The van der Waals surface area contributed by atoms with Gasteiger partial charge in [0.05, 0.1) is 0 Å². The van der Waals surface area contributed by atoms with Gasteiger partial charge in [-0.15, -0.1) is 0 Å². The van der Waals surface area contributed by atoms with Gasteiger partial charge in [0.25, 0.3) is 0 Å². The quantitative estimate of drug-likeness (QED) is 0.599. The monoisotopic (exact) mass is 262 g/mol. The summed E-state index contributed by atoms with van der Waals surface area (Å²) < 4.78 is 15.0. The van der Waals surface area contributed by atoms with E-state index in [1.54, 1.807) is 0 Å². The molecule has 0 amide bonds. The summed E-state index contributed by atoms with van der Waals surface area (Å²) in [5, 5.41) is 0. The van der Waals surface area contributed by atoms with Crippen LogP contribution in [0.15, 0.2) is 4.30 Å². The SMILES string of the molecule is CN1[Si](C)(C)N=[Si](C)N[SiH2]N[Si]1(C)C. The summed E-state index contributed by atoms with van der Waals surface area (Å²) >= 11 is 0. The van der Waals surface area contributed by atoms with Crippen LogP contribution in [0.25, 0.3) is 0 Å². The smallest absolute Gasteiger partial charge is 0.234 e. The average molecular weight is 263 g/mol. The molecule has 0 atom stereocenters. The van der Waals surface area contributed by atoms with Crippen LogP contribution in [0.5, 0.6) is 0 Å². The lowest BCUT2D eigenvalue weighted by Crippen LogP contribution is -2.70. The molecule has 82 valence electrons. The van der Waals surface area contributed by atoms with E-state index in [-0.39, 0.29) is 9.84 Å². The minimum Gasteiger partial charge on any atom is -0.427 e. The first-order valence-electron chi connectivity index (χ1n) is 5.05. The second-order valence-electron chi connectivity index (χ2n) is 4.84. The Hall–Kier alpha value is 0.388. The van der Waals surface area contributed by atoms with Gasteiger partial charge >= 0.3 is 0 Å². The third-order valence-corrected chi connectivity index (χ3v) is 20.1. The van der Waals surface area contributed by atoms with Gasteiger partial charge in [-0.3, -0.25) is 0 Å². The molecule has 2 N–H and O–H groups in total. The Morgan fingerprint density at radius 1 is 1.29 bits per heavy atom. The van der Waals surface area contributed by atoms with E-state index in [9.17, 15) is 0 Å². The molecule has 14 heavy (non-hydrogen) atoms. The van der Waals surface area contributed by atoms with Crippen LogP contribution in [-0.4, -0.2) is 46.7 Å². The van der Waals surface area contributed by atoms with E-state index in [2.05, 4.69) is 53.3 Å². The van der Waals surface area contributed by atoms with E-state index in [0.717, 1.165) is 0 Å². The van der Waals surface area contributed by atoms with E-state index < -0.39 is 25.5 Å². The van der Waals surface area contributed by atoms with Crippen molar-refractivity contribution in [2.45, 2.75) is 32.7 Å². The average Bonchev–Trinajstić information content (AvgIpc) is 2.00. The van der Waals surface area contributed by atoms with E-state index in [0.29, 0.717) is 0 Å². The molecule has 4 nitrogen and oxygen atoms in total. The van der Waals surface area contributed by atoms with Crippen molar-refractivity contribution >= 4 is 35.4 Å². The summed E-state index contributed by atoms with van der Waals surface area (Å²) in [6, 6.07) is 0. The molecule has 0 bridgehead atoms. The highest BCUT2D eigenvalue weighted by Gasteiger charge is 2.39. The zero-order chi connectivity index (χ0) is 11.0. The highest BCUT2D eigenvalue weighted by atomic mass is 28.4. The van der Waals surface area contributed by atoms with Gasteiger partial charge in [0.2, 0.25) is 17.1 Å². The maximum atomic E-state index is 5.03. The lowest BCUT2D eigenvalue weighted by atomic mass is 11.6. The first-order chi connectivity index (χ1) is 6.26. The molecule has 1 heterocycles. The van der Waals surface area contributed by atoms with Gasteiger partial charge in [-0.25, -0.2) is 0 Å². The Kier molecular flexibility index (Phi) is 3.65. The Balaban J connectivity index is 3.00. The molecule has 0 aromatic carbocycles. The van der Waals surface area contributed by atoms with Crippen molar-refractivity contribution in [2.24, 2.45) is 4.30 Å². The predicted molar refractivity (Wildman–Crippen MR) is 71.6 cm³/mol. The molecule has 0 aromatic rings. The topological polar surface area (TPSA) is 39.7 Å². The summed E-state index contributed by atoms with van der Waals surface area (Å²) in [4.78, 5) is 0. The Labute approximate surface area is 93.2 Å². The minimum absolute atomic E-state index is 0.287. The fourth-order valence-corrected chi connectivity index (χ4v) is 18.1. The largest absolute Gasteiger partial charge is 0.427 e. The second kappa shape index (κ2) is 4.10. The molecular formula is C6H22N4Si4. The molecule has 0 unspecified atom stereocenters. The zero-order valence-electron chi connectivity index (χ0n) is 10.1. The molecule has 0 aliphatic carbocycles. The highest BCUT2D eigenvalue weighted by Crippen LogP contribution is 2.17. The lowest BCUT2D eigenvalue weighted by molar-refractivity contribution is 0.731. The first-order valence-corrected chi connectivity index (χ1v) is 14.3. The van der Waals surface area contributed by atoms with E-state index in [1.807, 2.05) is 0 Å². The fraction of sp³-hybridized carbons (Fsp3) is 1.00. The summed E-state index contributed by atoms with van der Waals surface area (Å²) in [6.07, 6.45) is 0. The van der Waals surface area contributed by atoms with Gasteiger partial charge in [0.15, 0.2) is 18.2 Å². The molecule has 1 rings (SSSR count). The van der Waals surface area contributed by atoms with E-state index in [1.165, 1.54) is 0 Å². The maximum Gasteiger partial charge on any atom is 0.234 e. The summed E-state index contributed by atoms with van der Waals surface area (Å²) in [7, 11) is -1.53. The zero-order valence-corrected chi connectivity index (χ0v) is 14.5. The van der Waals surface area contributed by atoms with Crippen LogP contribution in [0.2, 0.25) is 32.7 Å². The molecule has 0 radical (unpaired) electrons. The fourth-order valence-electron chi connectivity index (χ4n) is 1.72. The van der Waals surface area contributed by atoms with Crippen molar-refractivity contribution in [1.82, 2.24) is 13.5 Å². The van der Waals surface area contributed by atoms with Gasteiger partial charge in [-0.1, -0.05) is 0 Å². The Morgan fingerprint density at radius 3 is 2.43 bits per heavy atom. The van der Waals surface area contributed by atoms with Crippen LogP contribution < -0.4 is 9.30 Å². The predicted octanol–water partition coefficient (Wildman–Crippen LogP) is -0.1000. The van der Waals surface area contributed by atoms with Crippen molar-refractivity contribution in [2.75, 3.05) is 7.05 Å². The Morgan fingerprint density at radius 2 is 1.86 bits per heavy atom. The first kappa shape index (κ1) is 12.5. The molecule has 0 fully saturated rings. The van der Waals surface area contributed by atoms with Gasteiger partial charge < -0.3 is 17.8 Å². The third-order valence-electron chi connectivity index (χ3n) is 2.97. The number of nitrogens with one attached hydrogen (secondary N) is 2. The van der Waals surface area contributed by atoms with Crippen molar-refractivity contribution < 1.29 is 0 Å². The molecule has 0 saturated heterocycles. The number of nitrogens with zero attached hydrogens (tertiary/aromatic N) is 2. The molecule has 0 aromatic heterocycles. The van der Waals surface area contributed by atoms with Gasteiger partial charge in [-0.2, -0.15) is 0 Å². The van der Waals surface area contributed by atoms with Crippen molar-refractivity contribution in [1.29, 1.82) is 0 Å². The highest BCUT2D eigenvalue weighted by molar-refractivity contribution is 6.93. The summed E-state index contributed by atoms with van der Waals surface area (Å²) in [5.74, 6) is 0. The molecule has 0 saturated carbocycles. The number of hydrogen-bond acceptors (Lipinski definition) is 4. The second-order valence-corrected chi connectivity index (χ2v) is 18.0. The van der Waals surface area contributed by atoms with Crippen LogP contribution in [0.3, 0.4) is 0 Å². The standard InChI is InChI=1S/C6H22N4Si4/c1-10-13(3,4)8-11-7-12(2)9-14(10,5)6/h7-8H,11H2,1-6H3. The molecule has 1 aliphatic rings. The van der Waals surface area contributed by atoms with E-state index in [4.69, 9.17) is 4.30 Å². The van der Waals surface area contributed by atoms with Crippen LogP contribution in [-0.2, 0) is 0 Å². The van der Waals surface area contributed by atoms with Crippen LogP contribution in [0.4, 0.5) is 0 Å². The van der Waals surface area contributed by atoms with Crippen LogP contribution >= 0.6 is 0 Å². The maximum absolute atomic E-state index is 5.03. The van der Waals surface area contributed by atoms with Crippen LogP contribution in [0.1, 0.15) is 0 Å². The molecular weight excluding hydrogens is 240 g/mol. The van der Waals surface area contributed by atoms with Crippen molar-refractivity contribution in [3.05, 3.63) is 0 Å². The molecule has 0 spiro atoms. The van der Waals surface area contributed by atoms with E-state index >= 15 is 0 Å². The lowest BCUT2D eigenvalue weighted by Gasteiger charge is -2.43. The summed E-state index contributed by atoms with van der Waals surface area (Å²) in [5.41, 5.74) is 0.